The molecule has 3 amide bonds. The summed E-state index contributed by atoms with van der Waals surface area (Å²) in [7, 11) is 0. The third kappa shape index (κ3) is 10.1. The quantitative estimate of drug-likeness (QED) is 0.353. The molecule has 2 aromatic heterocycles. The molecular weight excluding hydrogens is 542 g/mol. The number of carbonyl (C=O) groups is 3. The highest BCUT2D eigenvalue weighted by molar-refractivity contribution is 7.08. The number of amides is 3. The number of urea groups is 1. The summed E-state index contributed by atoms with van der Waals surface area (Å²) in [5.41, 5.74) is 1.88. The molecule has 1 aliphatic carbocycles. The molecule has 1 saturated heterocycles. The lowest BCUT2D eigenvalue weighted by molar-refractivity contribution is 0.0364. The van der Waals surface area contributed by atoms with Gasteiger partial charge in [-0.2, -0.15) is 0 Å². The van der Waals surface area contributed by atoms with Gasteiger partial charge in [0, 0.05) is 56.8 Å². The first-order valence-electron chi connectivity index (χ1n) is 14.5. The average Bonchev–Trinajstić information content (AvgIpc) is 3.60. The Balaban J connectivity index is 1.34. The first-order chi connectivity index (χ1) is 19.7. The fourth-order valence-corrected chi connectivity index (χ4v) is 5.84. The second kappa shape index (κ2) is 14.7. The van der Waals surface area contributed by atoms with Gasteiger partial charge in [-0.15, -0.1) is 11.3 Å². The van der Waals surface area contributed by atoms with Gasteiger partial charge >= 0.3 is 12.1 Å². The summed E-state index contributed by atoms with van der Waals surface area (Å²) < 4.78 is 10.8. The molecule has 2 N–H and O–H groups in total. The molecule has 4 rings (SSSR count). The van der Waals surface area contributed by atoms with Gasteiger partial charge in [-0.05, 0) is 62.6 Å². The summed E-state index contributed by atoms with van der Waals surface area (Å²) in [6.07, 6.45) is 6.49. The molecule has 11 heteroatoms. The number of aromatic nitrogens is 1. The minimum atomic E-state index is -0.614. The van der Waals surface area contributed by atoms with E-state index in [0.29, 0.717) is 30.0 Å². The van der Waals surface area contributed by atoms with Gasteiger partial charge in [-0.1, -0.05) is 18.9 Å². The molecular formula is C30H43N5O5S. The number of thiophene rings is 1. The van der Waals surface area contributed by atoms with Crippen LogP contribution in [0.2, 0.25) is 0 Å². The van der Waals surface area contributed by atoms with Crippen LogP contribution in [0.5, 0.6) is 0 Å². The Morgan fingerprint density at radius 1 is 1.15 bits per heavy atom. The molecule has 2 aliphatic rings. The molecule has 3 heterocycles. The fourth-order valence-electron chi connectivity index (χ4n) is 5.05. The Bertz CT molecular complexity index is 1150. The van der Waals surface area contributed by atoms with Crippen LogP contribution in [0.3, 0.4) is 0 Å². The smallest absolute Gasteiger partial charge is 0.412 e. The molecule has 10 nitrogen and oxygen atoms in total. The van der Waals surface area contributed by atoms with E-state index >= 15 is 0 Å². The predicted molar refractivity (Wildman–Crippen MR) is 160 cm³/mol. The van der Waals surface area contributed by atoms with Crippen molar-refractivity contribution >= 4 is 34.9 Å². The summed E-state index contributed by atoms with van der Waals surface area (Å²) in [6, 6.07) is 3.79. The van der Waals surface area contributed by atoms with Crippen molar-refractivity contribution in [3.8, 4) is 0 Å². The number of ether oxygens (including phenoxy) is 2. The Kier molecular flexibility index (Phi) is 11.1. The summed E-state index contributed by atoms with van der Waals surface area (Å²) in [4.78, 5) is 47.1. The second-order valence-corrected chi connectivity index (χ2v) is 12.5. The van der Waals surface area contributed by atoms with Crippen LogP contribution in [-0.2, 0) is 22.4 Å². The van der Waals surface area contributed by atoms with Crippen LogP contribution in [0.4, 0.5) is 15.3 Å². The number of hydrogen-bond donors (Lipinski definition) is 2. The van der Waals surface area contributed by atoms with E-state index in [0.717, 1.165) is 70.5 Å². The lowest BCUT2D eigenvalue weighted by atomic mass is 10.1. The summed E-state index contributed by atoms with van der Waals surface area (Å²) in [5.74, 6) is -0.150. The van der Waals surface area contributed by atoms with Crippen LogP contribution in [-0.4, -0.2) is 83.7 Å². The molecule has 0 spiro atoms. The van der Waals surface area contributed by atoms with Crippen molar-refractivity contribution in [2.75, 3.05) is 44.7 Å². The third-order valence-electron chi connectivity index (χ3n) is 7.19. The number of nitrogens with one attached hydrogen (secondary N) is 2. The highest BCUT2D eigenvalue weighted by Gasteiger charge is 2.22. The maximum Gasteiger partial charge on any atom is 0.412 e. The van der Waals surface area contributed by atoms with Crippen molar-refractivity contribution in [3.63, 3.8) is 0 Å². The van der Waals surface area contributed by atoms with E-state index in [-0.39, 0.29) is 24.3 Å². The van der Waals surface area contributed by atoms with Crippen LogP contribution in [0.25, 0.3) is 0 Å². The highest BCUT2D eigenvalue weighted by atomic mass is 32.1. The molecule has 224 valence electrons. The van der Waals surface area contributed by atoms with Crippen molar-refractivity contribution in [3.05, 3.63) is 45.9 Å². The normalized spacial score (nSPS) is 16.4. The van der Waals surface area contributed by atoms with E-state index in [4.69, 9.17) is 9.47 Å². The van der Waals surface area contributed by atoms with E-state index in [1.165, 1.54) is 11.3 Å². The van der Waals surface area contributed by atoms with Crippen molar-refractivity contribution < 1.29 is 23.9 Å². The van der Waals surface area contributed by atoms with E-state index < -0.39 is 11.7 Å². The lowest BCUT2D eigenvalue weighted by Gasteiger charge is -2.29. The number of Topliss-reactive ketones (excluding diaryl/α,β-unsaturated/α-hetero) is 1. The number of nitrogens with zero attached hydrogens (tertiary/aromatic N) is 3. The zero-order valence-electron chi connectivity index (χ0n) is 24.4. The number of anilines is 1. The first-order valence-corrected chi connectivity index (χ1v) is 15.5. The average molecular weight is 586 g/mol. The number of morpholine rings is 1. The monoisotopic (exact) mass is 585 g/mol. The molecule has 2 fully saturated rings. The Labute approximate surface area is 246 Å². The standard InChI is InChI=1S/C30H43N5O5S/c1-30(2,3)40-29(38)33-26-21-41-20-23(26)17-27(36)25-10-9-22(18-31-25)19-35(28(37)32-24-7-4-5-8-24)12-6-11-34-13-15-39-16-14-34/h9-10,18,20-21,24H,4-8,11-17,19H2,1-3H3,(H,32,37)(H,33,38). The third-order valence-corrected chi connectivity index (χ3v) is 7.98. The zero-order chi connectivity index (χ0) is 29.2. The van der Waals surface area contributed by atoms with Gasteiger partial charge in [-0.3, -0.25) is 20.0 Å². The minimum absolute atomic E-state index is 0.0403. The van der Waals surface area contributed by atoms with Crippen LogP contribution >= 0.6 is 11.3 Å². The number of rotatable bonds is 11. The van der Waals surface area contributed by atoms with Gasteiger partial charge in [0.2, 0.25) is 0 Å². The Morgan fingerprint density at radius 2 is 1.90 bits per heavy atom. The first kappa shape index (κ1) is 30.9. The lowest BCUT2D eigenvalue weighted by Crippen LogP contribution is -2.45. The highest BCUT2D eigenvalue weighted by Crippen LogP contribution is 2.24. The molecule has 0 radical (unpaired) electrons. The number of hydrogen-bond acceptors (Lipinski definition) is 8. The fraction of sp³-hybridized carbons (Fsp3) is 0.600. The van der Waals surface area contributed by atoms with Gasteiger partial charge in [0.15, 0.2) is 5.78 Å². The number of pyridine rings is 1. The van der Waals surface area contributed by atoms with E-state index in [1.54, 1.807) is 38.4 Å². The van der Waals surface area contributed by atoms with E-state index in [1.807, 2.05) is 16.3 Å². The zero-order valence-corrected chi connectivity index (χ0v) is 25.3. The van der Waals surface area contributed by atoms with Gasteiger partial charge in [0.05, 0.1) is 18.9 Å². The van der Waals surface area contributed by atoms with Gasteiger partial charge in [0.25, 0.3) is 0 Å². The van der Waals surface area contributed by atoms with E-state index in [2.05, 4.69) is 20.5 Å². The maximum atomic E-state index is 13.2. The van der Waals surface area contributed by atoms with Crippen LogP contribution in [0.15, 0.2) is 29.1 Å². The van der Waals surface area contributed by atoms with Crippen molar-refractivity contribution in [2.45, 2.75) is 77.5 Å². The molecule has 0 atom stereocenters. The number of ketones is 1. The molecule has 1 aliphatic heterocycles. The molecule has 1 saturated carbocycles. The molecule has 0 unspecified atom stereocenters. The molecule has 41 heavy (non-hydrogen) atoms. The summed E-state index contributed by atoms with van der Waals surface area (Å²) in [6.45, 7) is 10.8. The van der Waals surface area contributed by atoms with Crippen LogP contribution < -0.4 is 10.6 Å². The Hall–Kier alpha value is -3.02. The topological polar surface area (TPSA) is 113 Å². The molecule has 0 aromatic carbocycles. The molecule has 0 bridgehead atoms. The van der Waals surface area contributed by atoms with Crippen LogP contribution in [0, 0.1) is 0 Å². The maximum absolute atomic E-state index is 13.2. The van der Waals surface area contributed by atoms with E-state index in [9.17, 15) is 14.4 Å². The van der Waals surface area contributed by atoms with Gasteiger partial charge < -0.3 is 19.7 Å². The van der Waals surface area contributed by atoms with Crippen molar-refractivity contribution in [1.29, 1.82) is 0 Å². The number of carbonyl (C=O) groups excluding carboxylic acids is 3. The predicted octanol–water partition coefficient (Wildman–Crippen LogP) is 5.09. The largest absolute Gasteiger partial charge is 0.444 e. The van der Waals surface area contributed by atoms with Crippen LogP contribution in [0.1, 0.15) is 74.5 Å². The SMILES string of the molecule is CC(C)(C)OC(=O)Nc1cscc1CC(=O)c1ccc(CN(CCCN2CCOCC2)C(=O)NC2CCCC2)cn1. The van der Waals surface area contributed by atoms with Gasteiger partial charge in [0.1, 0.15) is 11.3 Å². The molecule has 2 aromatic rings. The second-order valence-electron chi connectivity index (χ2n) is 11.7. The Morgan fingerprint density at radius 3 is 2.59 bits per heavy atom. The summed E-state index contributed by atoms with van der Waals surface area (Å²) in [5, 5.41) is 9.58. The minimum Gasteiger partial charge on any atom is -0.444 e. The van der Waals surface area contributed by atoms with Gasteiger partial charge in [-0.25, -0.2) is 9.59 Å². The van der Waals surface area contributed by atoms with Crippen molar-refractivity contribution in [2.24, 2.45) is 0 Å². The summed E-state index contributed by atoms with van der Waals surface area (Å²) >= 11 is 1.41. The van der Waals surface area contributed by atoms with Crippen molar-refractivity contribution in [1.82, 2.24) is 20.1 Å².